The fourth-order valence-corrected chi connectivity index (χ4v) is 1.91. The van der Waals surface area contributed by atoms with Crippen LogP contribution in [0.3, 0.4) is 0 Å². The Kier molecular flexibility index (Phi) is 4.95. The average Bonchev–Trinajstić information content (AvgIpc) is 2.97. The van der Waals surface area contributed by atoms with E-state index in [1.807, 2.05) is 0 Å². The highest BCUT2D eigenvalue weighted by Gasteiger charge is 2.12. The second-order valence-electron chi connectivity index (χ2n) is 4.17. The van der Waals surface area contributed by atoms with Crippen molar-refractivity contribution in [1.82, 2.24) is 20.3 Å². The number of nitrogens with zero attached hydrogens (tertiary/aromatic N) is 2. The molecule has 20 heavy (non-hydrogen) atoms. The SMILES string of the molecule is CNc1ccc(Cl)c(C(=O)NCCCc2ncc[nH]2)n1. The van der Waals surface area contributed by atoms with Gasteiger partial charge < -0.3 is 15.6 Å². The number of aromatic amines is 1. The van der Waals surface area contributed by atoms with E-state index >= 15 is 0 Å². The maximum absolute atomic E-state index is 12.0. The molecular weight excluding hydrogens is 278 g/mol. The number of pyridine rings is 1. The summed E-state index contributed by atoms with van der Waals surface area (Å²) in [5, 5.41) is 6.01. The zero-order valence-corrected chi connectivity index (χ0v) is 11.9. The Hall–Kier alpha value is -2.08. The predicted octanol–water partition coefficient (Wildman–Crippen LogP) is 1.86. The van der Waals surface area contributed by atoms with Crippen LogP contribution in [0.2, 0.25) is 5.02 Å². The van der Waals surface area contributed by atoms with Crippen molar-refractivity contribution in [2.24, 2.45) is 0 Å². The Bertz CT molecular complexity index is 570. The number of hydrogen-bond donors (Lipinski definition) is 3. The Morgan fingerprint density at radius 2 is 2.30 bits per heavy atom. The van der Waals surface area contributed by atoms with Crippen LogP contribution in [0.1, 0.15) is 22.7 Å². The van der Waals surface area contributed by atoms with E-state index in [4.69, 9.17) is 11.6 Å². The molecule has 3 N–H and O–H groups in total. The summed E-state index contributed by atoms with van der Waals surface area (Å²) in [7, 11) is 1.74. The van der Waals surface area contributed by atoms with Crippen LogP contribution in [-0.4, -0.2) is 34.5 Å². The highest BCUT2D eigenvalue weighted by molar-refractivity contribution is 6.33. The maximum atomic E-state index is 12.0. The summed E-state index contributed by atoms with van der Waals surface area (Å²) in [6.45, 7) is 0.543. The van der Waals surface area contributed by atoms with E-state index in [-0.39, 0.29) is 11.6 Å². The number of nitrogens with one attached hydrogen (secondary N) is 3. The van der Waals surface area contributed by atoms with Gasteiger partial charge in [0.15, 0.2) is 0 Å². The van der Waals surface area contributed by atoms with Crippen molar-refractivity contribution in [3.8, 4) is 0 Å². The fraction of sp³-hybridized carbons (Fsp3) is 0.308. The minimum absolute atomic E-state index is 0.233. The first-order valence-electron chi connectivity index (χ1n) is 6.31. The summed E-state index contributed by atoms with van der Waals surface area (Å²) in [5.74, 6) is 1.24. The molecule has 6 nitrogen and oxygen atoms in total. The average molecular weight is 294 g/mol. The number of aryl methyl sites for hydroxylation is 1. The molecule has 0 bridgehead atoms. The van der Waals surface area contributed by atoms with Gasteiger partial charge in [-0.1, -0.05) is 11.6 Å². The number of aromatic nitrogens is 3. The number of anilines is 1. The summed E-state index contributed by atoms with van der Waals surface area (Å²) in [4.78, 5) is 23.3. The van der Waals surface area contributed by atoms with E-state index < -0.39 is 0 Å². The largest absolute Gasteiger partial charge is 0.373 e. The Morgan fingerprint density at radius 1 is 1.45 bits per heavy atom. The van der Waals surface area contributed by atoms with Crippen molar-refractivity contribution < 1.29 is 4.79 Å². The molecule has 0 aliphatic rings. The maximum Gasteiger partial charge on any atom is 0.271 e. The normalized spacial score (nSPS) is 10.3. The molecule has 1 amide bonds. The van der Waals surface area contributed by atoms with E-state index in [1.165, 1.54) is 0 Å². The lowest BCUT2D eigenvalue weighted by Gasteiger charge is -2.07. The summed E-state index contributed by atoms with van der Waals surface area (Å²) in [6, 6.07) is 3.37. The third kappa shape index (κ3) is 3.71. The number of amides is 1. The number of imidazole rings is 1. The first kappa shape index (κ1) is 14.3. The fourth-order valence-electron chi connectivity index (χ4n) is 1.72. The van der Waals surface area contributed by atoms with Gasteiger partial charge in [-0.3, -0.25) is 4.79 Å². The summed E-state index contributed by atoms with van der Waals surface area (Å²) in [5.41, 5.74) is 0.233. The molecule has 0 spiro atoms. The van der Waals surface area contributed by atoms with Crippen molar-refractivity contribution in [3.05, 3.63) is 41.1 Å². The summed E-state index contributed by atoms with van der Waals surface area (Å²) >= 11 is 5.98. The van der Waals surface area contributed by atoms with Crippen LogP contribution in [0.15, 0.2) is 24.5 Å². The van der Waals surface area contributed by atoms with Gasteiger partial charge in [-0.2, -0.15) is 0 Å². The molecule has 7 heteroatoms. The lowest BCUT2D eigenvalue weighted by molar-refractivity contribution is 0.0948. The van der Waals surface area contributed by atoms with Gasteiger partial charge in [0.1, 0.15) is 17.3 Å². The van der Waals surface area contributed by atoms with Crippen molar-refractivity contribution in [1.29, 1.82) is 0 Å². The lowest BCUT2D eigenvalue weighted by atomic mass is 10.3. The number of halogens is 1. The third-order valence-corrected chi connectivity index (χ3v) is 3.05. The Labute approximate surface area is 122 Å². The molecule has 0 radical (unpaired) electrons. The Morgan fingerprint density at radius 3 is 3.00 bits per heavy atom. The smallest absolute Gasteiger partial charge is 0.271 e. The lowest BCUT2D eigenvalue weighted by Crippen LogP contribution is -2.26. The van der Waals surface area contributed by atoms with Crippen LogP contribution < -0.4 is 10.6 Å². The van der Waals surface area contributed by atoms with Crippen LogP contribution in [0.4, 0.5) is 5.82 Å². The molecule has 2 aromatic rings. The van der Waals surface area contributed by atoms with Crippen LogP contribution in [-0.2, 0) is 6.42 Å². The van der Waals surface area contributed by atoms with Gasteiger partial charge in [0.05, 0.1) is 5.02 Å². The molecule has 0 fully saturated rings. The predicted molar refractivity (Wildman–Crippen MR) is 78.0 cm³/mol. The molecule has 2 rings (SSSR count). The van der Waals surface area contributed by atoms with Crippen LogP contribution in [0, 0.1) is 0 Å². The standard InChI is InChI=1S/C13H16ClN5O/c1-15-10-5-4-9(14)12(19-10)13(20)18-6-2-3-11-16-7-8-17-11/h4-5,7-8H,2-3,6H2,1H3,(H,15,19)(H,16,17)(H,18,20). The molecule has 0 aromatic carbocycles. The van der Waals surface area contributed by atoms with Crippen molar-refractivity contribution >= 4 is 23.3 Å². The first-order chi connectivity index (χ1) is 9.70. The quantitative estimate of drug-likeness (QED) is 0.710. The number of H-pyrrole nitrogens is 1. The van der Waals surface area contributed by atoms with Crippen LogP contribution in [0.5, 0.6) is 0 Å². The van der Waals surface area contributed by atoms with Crippen molar-refractivity contribution in [3.63, 3.8) is 0 Å². The topological polar surface area (TPSA) is 82.7 Å². The summed E-state index contributed by atoms with van der Waals surface area (Å²) in [6.07, 6.45) is 5.06. The minimum Gasteiger partial charge on any atom is -0.373 e. The number of carbonyl (C=O) groups excluding carboxylic acids is 1. The molecule has 106 valence electrons. The molecule has 2 aromatic heterocycles. The van der Waals surface area contributed by atoms with Gasteiger partial charge in [0.25, 0.3) is 5.91 Å². The van der Waals surface area contributed by atoms with Gasteiger partial charge in [0, 0.05) is 32.4 Å². The van der Waals surface area contributed by atoms with Gasteiger partial charge in [-0.05, 0) is 18.6 Å². The van der Waals surface area contributed by atoms with Gasteiger partial charge in [-0.15, -0.1) is 0 Å². The minimum atomic E-state index is -0.272. The second kappa shape index (κ2) is 6.91. The van der Waals surface area contributed by atoms with E-state index in [0.29, 0.717) is 17.4 Å². The molecule has 2 heterocycles. The molecule has 0 aliphatic carbocycles. The highest BCUT2D eigenvalue weighted by Crippen LogP contribution is 2.16. The molecular formula is C13H16ClN5O. The molecule has 0 saturated carbocycles. The second-order valence-corrected chi connectivity index (χ2v) is 4.58. The van der Waals surface area contributed by atoms with E-state index in [9.17, 15) is 4.79 Å². The first-order valence-corrected chi connectivity index (χ1v) is 6.69. The highest BCUT2D eigenvalue weighted by atomic mass is 35.5. The third-order valence-electron chi connectivity index (χ3n) is 2.75. The number of rotatable bonds is 6. The van der Waals surface area contributed by atoms with Gasteiger partial charge in [-0.25, -0.2) is 9.97 Å². The molecule has 0 unspecified atom stereocenters. The summed E-state index contributed by atoms with van der Waals surface area (Å²) < 4.78 is 0. The van der Waals surface area contributed by atoms with Crippen molar-refractivity contribution in [2.45, 2.75) is 12.8 Å². The van der Waals surface area contributed by atoms with Crippen LogP contribution in [0.25, 0.3) is 0 Å². The van der Waals surface area contributed by atoms with Gasteiger partial charge in [0.2, 0.25) is 0 Å². The Balaban J connectivity index is 1.85. The monoisotopic (exact) mass is 293 g/mol. The molecule has 0 aliphatic heterocycles. The van der Waals surface area contributed by atoms with Gasteiger partial charge >= 0.3 is 0 Å². The van der Waals surface area contributed by atoms with E-state index in [2.05, 4.69) is 25.6 Å². The number of carbonyl (C=O) groups is 1. The zero-order chi connectivity index (χ0) is 14.4. The molecule has 0 atom stereocenters. The van der Waals surface area contributed by atoms with Crippen LogP contribution >= 0.6 is 11.6 Å². The molecule has 0 saturated heterocycles. The van der Waals surface area contributed by atoms with Crippen molar-refractivity contribution in [2.75, 3.05) is 18.9 Å². The number of hydrogen-bond acceptors (Lipinski definition) is 4. The zero-order valence-electron chi connectivity index (χ0n) is 11.1. The van der Waals surface area contributed by atoms with E-state index in [1.54, 1.807) is 31.6 Å². The van der Waals surface area contributed by atoms with E-state index in [0.717, 1.165) is 18.7 Å².